The summed E-state index contributed by atoms with van der Waals surface area (Å²) in [7, 11) is -3.19. The average molecular weight is 453 g/mol. The number of hydrogen-bond donors (Lipinski definition) is 0. The maximum absolute atomic E-state index is 11.5. The van der Waals surface area contributed by atoms with Crippen molar-refractivity contribution in [1.82, 2.24) is 0 Å². The Hall–Kier alpha value is -0.360. The molecule has 0 heterocycles. The topological polar surface area (TPSA) is 34.1 Å². The number of aryl methyl sites for hydroxylation is 1. The van der Waals surface area contributed by atoms with Crippen molar-refractivity contribution in [1.29, 1.82) is 0 Å². The fourth-order valence-electron chi connectivity index (χ4n) is 1.92. The molecule has 0 bridgehead atoms. The number of halogens is 3. The molecule has 0 aliphatic carbocycles. The monoisotopic (exact) mass is 450 g/mol. The first-order valence-electron chi connectivity index (χ1n) is 6.10. The summed E-state index contributed by atoms with van der Waals surface area (Å²) >= 11 is 13.6. The standard InChI is InChI=1S/C15H13Br2ClO2S/c1-9-7-14(17)12(8-13(9)16)15(18)10-3-5-11(6-4-10)21(2,19)20/h3-8,15H,1-2H3. The van der Waals surface area contributed by atoms with Crippen LogP contribution in [0.2, 0.25) is 0 Å². The molecule has 6 heteroatoms. The minimum absolute atomic E-state index is 0.291. The molecular formula is C15H13Br2ClO2S. The van der Waals surface area contributed by atoms with Crippen molar-refractivity contribution < 1.29 is 8.42 Å². The van der Waals surface area contributed by atoms with E-state index < -0.39 is 9.84 Å². The highest BCUT2D eigenvalue weighted by atomic mass is 79.9. The second-order valence-electron chi connectivity index (χ2n) is 4.83. The Morgan fingerprint density at radius 2 is 1.62 bits per heavy atom. The molecule has 0 amide bonds. The van der Waals surface area contributed by atoms with Crippen LogP contribution in [0.1, 0.15) is 22.1 Å². The van der Waals surface area contributed by atoms with Gasteiger partial charge in [0.2, 0.25) is 0 Å². The Bertz CT molecular complexity index is 771. The van der Waals surface area contributed by atoms with Crippen LogP contribution in [-0.4, -0.2) is 14.7 Å². The first kappa shape index (κ1) is 17.0. The number of benzene rings is 2. The third-order valence-corrected chi connectivity index (χ3v) is 6.31. The summed E-state index contributed by atoms with van der Waals surface area (Å²) in [5.74, 6) is 0. The second-order valence-corrected chi connectivity index (χ2v) is 8.99. The molecule has 21 heavy (non-hydrogen) atoms. The lowest BCUT2D eigenvalue weighted by molar-refractivity contribution is 0.602. The van der Waals surface area contributed by atoms with E-state index in [9.17, 15) is 8.42 Å². The van der Waals surface area contributed by atoms with Crippen LogP contribution in [0, 0.1) is 6.92 Å². The Balaban J connectivity index is 2.41. The van der Waals surface area contributed by atoms with Crippen molar-refractivity contribution in [3.8, 4) is 0 Å². The third kappa shape index (κ3) is 3.89. The van der Waals surface area contributed by atoms with Crippen LogP contribution in [0.4, 0.5) is 0 Å². The molecule has 2 aromatic rings. The van der Waals surface area contributed by atoms with Gasteiger partial charge in [0, 0.05) is 15.2 Å². The van der Waals surface area contributed by atoms with E-state index in [0.717, 1.165) is 25.6 Å². The van der Waals surface area contributed by atoms with Crippen LogP contribution in [0.15, 0.2) is 50.2 Å². The van der Waals surface area contributed by atoms with E-state index in [1.807, 2.05) is 19.1 Å². The first-order chi connectivity index (χ1) is 9.70. The maximum Gasteiger partial charge on any atom is 0.175 e. The molecule has 2 rings (SSSR count). The zero-order valence-electron chi connectivity index (χ0n) is 11.4. The fourth-order valence-corrected chi connectivity index (χ4v) is 4.06. The van der Waals surface area contributed by atoms with E-state index in [2.05, 4.69) is 31.9 Å². The Morgan fingerprint density at radius 1 is 1.05 bits per heavy atom. The normalized spacial score (nSPS) is 13.2. The zero-order valence-corrected chi connectivity index (χ0v) is 16.1. The third-order valence-electron chi connectivity index (χ3n) is 3.15. The number of hydrogen-bond acceptors (Lipinski definition) is 2. The smallest absolute Gasteiger partial charge is 0.175 e. The molecule has 1 unspecified atom stereocenters. The summed E-state index contributed by atoms with van der Waals surface area (Å²) in [6, 6.07) is 10.6. The molecule has 0 saturated carbocycles. The van der Waals surface area contributed by atoms with E-state index in [0.29, 0.717) is 4.90 Å². The van der Waals surface area contributed by atoms with Crippen LogP contribution < -0.4 is 0 Å². The van der Waals surface area contributed by atoms with Crippen LogP contribution in [-0.2, 0) is 9.84 Å². The lowest BCUT2D eigenvalue weighted by Crippen LogP contribution is -1.99. The molecule has 0 saturated heterocycles. The van der Waals surface area contributed by atoms with Crippen LogP contribution in [0.3, 0.4) is 0 Å². The first-order valence-corrected chi connectivity index (χ1v) is 10.0. The fraction of sp³-hybridized carbons (Fsp3) is 0.200. The van der Waals surface area contributed by atoms with Gasteiger partial charge in [-0.1, -0.05) is 44.0 Å². The predicted octanol–water partition coefficient (Wildman–Crippen LogP) is 5.25. The minimum atomic E-state index is -3.19. The van der Waals surface area contributed by atoms with Gasteiger partial charge < -0.3 is 0 Å². The Kier molecular flexibility index (Phi) is 5.19. The molecule has 112 valence electrons. The van der Waals surface area contributed by atoms with Gasteiger partial charge >= 0.3 is 0 Å². The highest BCUT2D eigenvalue weighted by Gasteiger charge is 2.16. The quantitative estimate of drug-likeness (QED) is 0.596. The summed E-state index contributed by atoms with van der Waals surface area (Å²) in [6.07, 6.45) is 1.19. The molecule has 0 aliphatic rings. The molecular weight excluding hydrogens is 439 g/mol. The molecule has 2 aromatic carbocycles. The van der Waals surface area contributed by atoms with Crippen molar-refractivity contribution in [3.63, 3.8) is 0 Å². The summed E-state index contributed by atoms with van der Waals surface area (Å²) < 4.78 is 24.9. The Labute approximate surface area is 146 Å². The molecule has 0 fully saturated rings. The van der Waals surface area contributed by atoms with Crippen molar-refractivity contribution in [2.45, 2.75) is 17.2 Å². The Morgan fingerprint density at radius 3 is 2.14 bits per heavy atom. The van der Waals surface area contributed by atoms with E-state index >= 15 is 0 Å². The molecule has 0 N–H and O–H groups in total. The van der Waals surface area contributed by atoms with Gasteiger partial charge in [0.1, 0.15) is 0 Å². The minimum Gasteiger partial charge on any atom is -0.224 e. The van der Waals surface area contributed by atoms with Gasteiger partial charge in [-0.3, -0.25) is 0 Å². The molecule has 2 nitrogen and oxygen atoms in total. The van der Waals surface area contributed by atoms with Gasteiger partial charge in [0.25, 0.3) is 0 Å². The SMILES string of the molecule is Cc1cc(Br)c(C(Cl)c2ccc(S(C)(=O)=O)cc2)cc1Br. The van der Waals surface area contributed by atoms with Crippen molar-refractivity contribution in [2.75, 3.05) is 6.26 Å². The van der Waals surface area contributed by atoms with Crippen LogP contribution in [0.5, 0.6) is 0 Å². The van der Waals surface area contributed by atoms with Gasteiger partial charge in [-0.2, -0.15) is 0 Å². The second kappa shape index (κ2) is 6.41. The highest BCUT2D eigenvalue weighted by molar-refractivity contribution is 9.11. The highest BCUT2D eigenvalue weighted by Crippen LogP contribution is 2.37. The van der Waals surface area contributed by atoms with Crippen LogP contribution in [0.25, 0.3) is 0 Å². The lowest BCUT2D eigenvalue weighted by Gasteiger charge is -2.14. The van der Waals surface area contributed by atoms with Gasteiger partial charge in [-0.05, 0) is 47.9 Å². The summed E-state index contributed by atoms with van der Waals surface area (Å²) in [6.45, 7) is 2.00. The van der Waals surface area contributed by atoms with Gasteiger partial charge in [-0.15, -0.1) is 11.6 Å². The van der Waals surface area contributed by atoms with Gasteiger partial charge in [0.05, 0.1) is 10.3 Å². The van der Waals surface area contributed by atoms with E-state index in [1.165, 1.54) is 6.26 Å². The molecule has 0 aliphatic heterocycles. The van der Waals surface area contributed by atoms with Crippen molar-refractivity contribution in [3.05, 3.63) is 62.0 Å². The average Bonchev–Trinajstić information content (AvgIpc) is 2.41. The van der Waals surface area contributed by atoms with E-state index in [1.54, 1.807) is 24.3 Å². The zero-order chi connectivity index (χ0) is 15.8. The van der Waals surface area contributed by atoms with Gasteiger partial charge in [0.15, 0.2) is 9.84 Å². The van der Waals surface area contributed by atoms with E-state index in [4.69, 9.17) is 11.6 Å². The number of sulfone groups is 1. The van der Waals surface area contributed by atoms with Crippen molar-refractivity contribution in [2.24, 2.45) is 0 Å². The lowest BCUT2D eigenvalue weighted by atomic mass is 10.0. The molecule has 1 atom stereocenters. The summed E-state index contributed by atoms with van der Waals surface area (Å²) in [4.78, 5) is 0.291. The number of rotatable bonds is 3. The molecule has 0 aromatic heterocycles. The van der Waals surface area contributed by atoms with E-state index in [-0.39, 0.29) is 5.38 Å². The maximum atomic E-state index is 11.5. The van der Waals surface area contributed by atoms with Gasteiger partial charge in [-0.25, -0.2) is 8.42 Å². The number of alkyl halides is 1. The largest absolute Gasteiger partial charge is 0.224 e. The summed E-state index contributed by atoms with van der Waals surface area (Å²) in [5, 5.41) is -0.357. The predicted molar refractivity (Wildman–Crippen MR) is 93.8 cm³/mol. The van der Waals surface area contributed by atoms with Crippen molar-refractivity contribution >= 4 is 53.3 Å². The van der Waals surface area contributed by atoms with Crippen LogP contribution >= 0.6 is 43.5 Å². The summed E-state index contributed by atoms with van der Waals surface area (Å²) in [5.41, 5.74) is 2.89. The molecule has 0 spiro atoms. The molecule has 0 radical (unpaired) electrons.